The molecular formula is C30H43F3O6. The third kappa shape index (κ3) is 12.1. The summed E-state index contributed by atoms with van der Waals surface area (Å²) in [5.74, 6) is -0.678. The van der Waals surface area contributed by atoms with Crippen molar-refractivity contribution in [3.8, 4) is 5.75 Å². The first-order valence-electron chi connectivity index (χ1n) is 13.5. The van der Waals surface area contributed by atoms with Gasteiger partial charge in [-0.2, -0.15) is 13.2 Å². The second-order valence-corrected chi connectivity index (χ2v) is 11.2. The monoisotopic (exact) mass is 556 g/mol. The SMILES string of the molecule is CC(C)OC(=O)CCC/C=C\C[C@@H]1[C@@H](/C=C/[C@H](COc2cccc(C(F)(F)F)c2)OC(C)(C)C)[C@H](O)C[C@@H]1O. The standard InChI is InChI=1S/C30H43F3O6/c1-20(2)38-28(36)14-9-7-6-8-13-24-25(27(35)18-26(24)34)16-15-23(39-29(3,4)5)19-37-22-12-10-11-21(17-22)30(31,32)33/h6,8,10-12,15-17,20,23-27,34-35H,7,9,13-14,18-19H2,1-5H3/b8-6-,16-15+/t23-,24-,25-,26+,27-/m1/s1. The quantitative estimate of drug-likeness (QED) is 0.170. The minimum atomic E-state index is -4.47. The second kappa shape index (κ2) is 14.9. The number of aliphatic hydroxyl groups is 2. The van der Waals surface area contributed by atoms with Crippen molar-refractivity contribution >= 4 is 5.97 Å². The van der Waals surface area contributed by atoms with E-state index in [9.17, 15) is 28.2 Å². The lowest BCUT2D eigenvalue weighted by atomic mass is 9.89. The van der Waals surface area contributed by atoms with Gasteiger partial charge in [0.05, 0.1) is 29.5 Å². The number of esters is 1. The summed E-state index contributed by atoms with van der Waals surface area (Å²) in [6.45, 7) is 9.19. The van der Waals surface area contributed by atoms with Crippen molar-refractivity contribution in [2.24, 2.45) is 11.8 Å². The first-order chi connectivity index (χ1) is 18.2. The maximum absolute atomic E-state index is 13.1. The van der Waals surface area contributed by atoms with E-state index in [0.29, 0.717) is 25.7 Å². The number of ether oxygens (including phenoxy) is 3. The Morgan fingerprint density at radius 2 is 1.85 bits per heavy atom. The summed E-state index contributed by atoms with van der Waals surface area (Å²) in [4.78, 5) is 11.6. The summed E-state index contributed by atoms with van der Waals surface area (Å²) >= 11 is 0. The number of carbonyl (C=O) groups is 1. The first kappa shape index (κ1) is 32.8. The van der Waals surface area contributed by atoms with Gasteiger partial charge in [-0.25, -0.2) is 0 Å². The van der Waals surface area contributed by atoms with Crippen LogP contribution in [0.2, 0.25) is 0 Å². The van der Waals surface area contributed by atoms with Gasteiger partial charge >= 0.3 is 12.1 Å². The number of rotatable bonds is 13. The predicted octanol–water partition coefficient (Wildman–Crippen LogP) is 6.25. The molecule has 0 radical (unpaired) electrons. The van der Waals surface area contributed by atoms with Gasteiger partial charge in [-0.15, -0.1) is 0 Å². The van der Waals surface area contributed by atoms with Gasteiger partial charge in [0.25, 0.3) is 0 Å². The molecule has 39 heavy (non-hydrogen) atoms. The number of allylic oxidation sites excluding steroid dienone is 2. The van der Waals surface area contributed by atoms with E-state index in [4.69, 9.17) is 14.2 Å². The molecule has 1 fully saturated rings. The summed E-state index contributed by atoms with van der Waals surface area (Å²) in [5, 5.41) is 21.1. The van der Waals surface area contributed by atoms with Gasteiger partial charge in [-0.1, -0.05) is 30.4 Å². The minimum Gasteiger partial charge on any atom is -0.491 e. The zero-order valence-corrected chi connectivity index (χ0v) is 23.5. The van der Waals surface area contributed by atoms with Crippen molar-refractivity contribution in [3.63, 3.8) is 0 Å². The Bertz CT molecular complexity index is 951. The van der Waals surface area contributed by atoms with E-state index >= 15 is 0 Å². The van der Waals surface area contributed by atoms with Crippen LogP contribution in [0.4, 0.5) is 13.2 Å². The predicted molar refractivity (Wildman–Crippen MR) is 143 cm³/mol. The van der Waals surface area contributed by atoms with Crippen molar-refractivity contribution in [3.05, 3.63) is 54.1 Å². The molecule has 0 unspecified atom stereocenters. The molecule has 1 aromatic carbocycles. The average Bonchev–Trinajstić information content (AvgIpc) is 3.08. The van der Waals surface area contributed by atoms with Crippen LogP contribution in [0.15, 0.2) is 48.6 Å². The van der Waals surface area contributed by atoms with Crippen LogP contribution in [0, 0.1) is 11.8 Å². The normalized spacial score (nSPS) is 23.2. The fraction of sp³-hybridized carbons (Fsp3) is 0.633. The van der Waals surface area contributed by atoms with Gasteiger partial charge in [0.15, 0.2) is 0 Å². The van der Waals surface area contributed by atoms with E-state index in [-0.39, 0.29) is 42.7 Å². The Morgan fingerprint density at radius 1 is 1.13 bits per heavy atom. The Kier molecular flexibility index (Phi) is 12.5. The Hall–Kier alpha value is -2.36. The third-order valence-electron chi connectivity index (χ3n) is 6.24. The molecule has 0 spiro atoms. The molecule has 1 aliphatic rings. The van der Waals surface area contributed by atoms with Crippen molar-refractivity contribution in [2.75, 3.05) is 6.61 Å². The van der Waals surface area contributed by atoms with Crippen molar-refractivity contribution in [2.45, 2.75) is 103 Å². The molecule has 2 rings (SSSR count). The highest BCUT2D eigenvalue weighted by atomic mass is 19.4. The van der Waals surface area contributed by atoms with Crippen molar-refractivity contribution < 1.29 is 42.4 Å². The van der Waals surface area contributed by atoms with Crippen LogP contribution in [-0.4, -0.2) is 52.8 Å². The van der Waals surface area contributed by atoms with E-state index in [1.54, 1.807) is 6.08 Å². The molecule has 0 heterocycles. The van der Waals surface area contributed by atoms with Gasteiger partial charge in [0, 0.05) is 18.8 Å². The number of alkyl halides is 3. The Morgan fingerprint density at radius 3 is 2.49 bits per heavy atom. The van der Waals surface area contributed by atoms with Crippen LogP contribution in [0.25, 0.3) is 0 Å². The van der Waals surface area contributed by atoms with Gasteiger partial charge in [-0.05, 0) is 78.0 Å². The highest BCUT2D eigenvalue weighted by Crippen LogP contribution is 2.37. The summed E-state index contributed by atoms with van der Waals surface area (Å²) < 4.78 is 56.0. The van der Waals surface area contributed by atoms with E-state index in [1.165, 1.54) is 12.1 Å². The molecule has 0 aliphatic heterocycles. The van der Waals surface area contributed by atoms with Crippen LogP contribution >= 0.6 is 0 Å². The molecule has 1 saturated carbocycles. The number of carbonyl (C=O) groups excluding carboxylic acids is 1. The molecule has 1 aromatic rings. The maximum atomic E-state index is 13.1. The lowest BCUT2D eigenvalue weighted by molar-refractivity contribution is -0.147. The van der Waals surface area contributed by atoms with E-state index in [2.05, 4.69) is 0 Å². The highest BCUT2D eigenvalue weighted by molar-refractivity contribution is 5.69. The number of hydrogen-bond acceptors (Lipinski definition) is 6. The van der Waals surface area contributed by atoms with Gasteiger partial charge in [-0.3, -0.25) is 4.79 Å². The summed E-state index contributed by atoms with van der Waals surface area (Å²) in [7, 11) is 0. The lowest BCUT2D eigenvalue weighted by Crippen LogP contribution is -2.31. The molecule has 220 valence electrons. The van der Waals surface area contributed by atoms with E-state index < -0.39 is 35.7 Å². The van der Waals surface area contributed by atoms with Crippen molar-refractivity contribution in [1.82, 2.24) is 0 Å². The van der Waals surface area contributed by atoms with Crippen LogP contribution in [0.1, 0.15) is 72.3 Å². The van der Waals surface area contributed by atoms with Crippen molar-refractivity contribution in [1.29, 1.82) is 0 Å². The zero-order chi connectivity index (χ0) is 29.2. The maximum Gasteiger partial charge on any atom is 0.416 e. The molecule has 9 heteroatoms. The zero-order valence-electron chi connectivity index (χ0n) is 23.5. The molecule has 1 aliphatic carbocycles. The van der Waals surface area contributed by atoms with E-state index in [0.717, 1.165) is 12.1 Å². The molecule has 0 saturated heterocycles. The van der Waals surface area contributed by atoms with Crippen LogP contribution in [-0.2, 0) is 20.4 Å². The summed E-state index contributed by atoms with van der Waals surface area (Å²) in [5.41, 5.74) is -1.35. The first-order valence-corrected chi connectivity index (χ1v) is 13.5. The molecular weight excluding hydrogens is 513 g/mol. The van der Waals surface area contributed by atoms with Crippen LogP contribution in [0.5, 0.6) is 5.75 Å². The summed E-state index contributed by atoms with van der Waals surface area (Å²) in [6.07, 6.45) is 3.40. The average molecular weight is 557 g/mol. The number of unbranched alkanes of at least 4 members (excludes halogenated alkanes) is 1. The number of benzene rings is 1. The topological polar surface area (TPSA) is 85.2 Å². The molecule has 5 atom stereocenters. The van der Waals surface area contributed by atoms with Gasteiger partial charge in [0.1, 0.15) is 18.5 Å². The Balaban J connectivity index is 2.00. The molecule has 0 aromatic heterocycles. The van der Waals surface area contributed by atoms with Gasteiger partial charge in [0.2, 0.25) is 0 Å². The second-order valence-electron chi connectivity index (χ2n) is 11.2. The fourth-order valence-electron chi connectivity index (χ4n) is 4.54. The number of aliphatic hydroxyl groups excluding tert-OH is 2. The number of hydrogen-bond donors (Lipinski definition) is 2. The largest absolute Gasteiger partial charge is 0.491 e. The third-order valence-corrected chi connectivity index (χ3v) is 6.24. The van der Waals surface area contributed by atoms with Gasteiger partial charge < -0.3 is 24.4 Å². The van der Waals surface area contributed by atoms with E-state index in [1.807, 2.05) is 52.8 Å². The highest BCUT2D eigenvalue weighted by Gasteiger charge is 2.39. The minimum absolute atomic E-state index is 0.0235. The summed E-state index contributed by atoms with van der Waals surface area (Å²) in [6, 6.07) is 4.68. The smallest absolute Gasteiger partial charge is 0.416 e. The van der Waals surface area contributed by atoms with Crippen LogP contribution in [0.3, 0.4) is 0 Å². The lowest BCUT2D eigenvalue weighted by Gasteiger charge is -2.27. The molecule has 6 nitrogen and oxygen atoms in total. The molecule has 0 amide bonds. The molecule has 2 N–H and O–H groups in total. The number of halogens is 3. The Labute approximate surface area is 229 Å². The fourth-order valence-corrected chi connectivity index (χ4v) is 4.54. The van der Waals surface area contributed by atoms with Crippen LogP contribution < -0.4 is 4.74 Å². The molecule has 0 bridgehead atoms.